The Morgan fingerprint density at radius 3 is 2.62 bits per heavy atom. The average Bonchev–Trinajstić information content (AvgIpc) is 2.60. The minimum absolute atomic E-state index is 0.0765. The third-order valence-electron chi connectivity index (χ3n) is 4.05. The number of nitrogens with one attached hydrogen (secondary N) is 1. The third kappa shape index (κ3) is 4.04. The van der Waals surface area contributed by atoms with Crippen LogP contribution in [0.3, 0.4) is 0 Å². The molecule has 1 aliphatic rings. The summed E-state index contributed by atoms with van der Waals surface area (Å²) in [7, 11) is 0. The van der Waals surface area contributed by atoms with Crippen LogP contribution < -0.4 is 5.32 Å². The van der Waals surface area contributed by atoms with Gasteiger partial charge in [0.15, 0.2) is 0 Å². The lowest BCUT2D eigenvalue weighted by atomic mass is 9.83. The summed E-state index contributed by atoms with van der Waals surface area (Å²) in [6.45, 7) is 7.33. The molecule has 96 valence electrons. The molecule has 0 aromatic heterocycles. The Hall–Kier alpha value is -0.120. The molecule has 1 heterocycles. The average molecular weight is 229 g/mol. The molecule has 0 spiro atoms. The zero-order valence-corrected chi connectivity index (χ0v) is 10.8. The second-order valence-corrected chi connectivity index (χ2v) is 4.99. The summed E-state index contributed by atoms with van der Waals surface area (Å²) in [6, 6.07) is 0.575. The molecule has 1 rings (SSSR count). The van der Waals surface area contributed by atoms with Crippen LogP contribution in [0.2, 0.25) is 0 Å². The van der Waals surface area contributed by atoms with Crippen LogP contribution in [0.15, 0.2) is 0 Å². The molecular formula is C13H27NO2. The molecule has 0 aromatic carbocycles. The van der Waals surface area contributed by atoms with Gasteiger partial charge in [0.1, 0.15) is 0 Å². The van der Waals surface area contributed by atoms with Crippen LogP contribution in [-0.2, 0) is 4.74 Å². The van der Waals surface area contributed by atoms with E-state index < -0.39 is 0 Å². The van der Waals surface area contributed by atoms with Crippen LogP contribution in [0.4, 0.5) is 0 Å². The molecule has 0 radical (unpaired) electrons. The Kier molecular flexibility index (Phi) is 6.32. The molecule has 0 saturated carbocycles. The Morgan fingerprint density at radius 2 is 2.00 bits per heavy atom. The number of rotatable bonds is 6. The Morgan fingerprint density at radius 1 is 1.25 bits per heavy atom. The van der Waals surface area contributed by atoms with Gasteiger partial charge in [-0.1, -0.05) is 13.8 Å². The van der Waals surface area contributed by atoms with Crippen molar-refractivity contribution in [3.05, 3.63) is 0 Å². The van der Waals surface area contributed by atoms with Gasteiger partial charge in [0.2, 0.25) is 0 Å². The summed E-state index contributed by atoms with van der Waals surface area (Å²) in [4.78, 5) is 0. The number of aliphatic hydroxyl groups excluding tert-OH is 1. The smallest absolute Gasteiger partial charge is 0.0499 e. The van der Waals surface area contributed by atoms with Crippen molar-refractivity contribution >= 4 is 0 Å². The zero-order valence-electron chi connectivity index (χ0n) is 10.8. The molecule has 1 unspecified atom stereocenters. The first-order valence-corrected chi connectivity index (χ1v) is 6.68. The monoisotopic (exact) mass is 229 g/mol. The molecule has 1 saturated heterocycles. The summed E-state index contributed by atoms with van der Waals surface area (Å²) in [6.07, 6.45) is 5.54. The van der Waals surface area contributed by atoms with Gasteiger partial charge in [-0.2, -0.15) is 0 Å². The Labute approximate surface area is 99.6 Å². The fraction of sp³-hybridized carbons (Fsp3) is 1.00. The van der Waals surface area contributed by atoms with E-state index >= 15 is 0 Å². The van der Waals surface area contributed by atoms with Gasteiger partial charge in [0.05, 0.1) is 0 Å². The minimum Gasteiger partial charge on any atom is -0.396 e. The van der Waals surface area contributed by atoms with Gasteiger partial charge in [-0.3, -0.25) is 0 Å². The maximum absolute atomic E-state index is 9.50. The highest BCUT2D eigenvalue weighted by Gasteiger charge is 2.26. The molecule has 1 fully saturated rings. The van der Waals surface area contributed by atoms with Crippen LogP contribution in [-0.4, -0.2) is 37.5 Å². The van der Waals surface area contributed by atoms with Gasteiger partial charge < -0.3 is 15.2 Å². The van der Waals surface area contributed by atoms with E-state index in [1.807, 2.05) is 0 Å². The predicted molar refractivity (Wildman–Crippen MR) is 66.6 cm³/mol. The summed E-state index contributed by atoms with van der Waals surface area (Å²) in [5.41, 5.74) is 0.0765. The standard InChI is InChI=1S/C13H27NO2/c1-3-13(4-2,11-15)10-14-12-6-5-8-16-9-7-12/h12,14-15H,3-11H2,1-2H3. The van der Waals surface area contributed by atoms with Crippen LogP contribution >= 0.6 is 0 Å². The molecule has 3 heteroatoms. The summed E-state index contributed by atoms with van der Waals surface area (Å²) in [5.74, 6) is 0. The predicted octanol–water partition coefficient (Wildman–Crippen LogP) is 1.94. The van der Waals surface area contributed by atoms with E-state index in [9.17, 15) is 5.11 Å². The molecule has 0 aromatic rings. The molecule has 16 heavy (non-hydrogen) atoms. The molecule has 0 amide bonds. The van der Waals surface area contributed by atoms with Gasteiger partial charge >= 0.3 is 0 Å². The van der Waals surface area contributed by atoms with Crippen molar-refractivity contribution < 1.29 is 9.84 Å². The largest absolute Gasteiger partial charge is 0.396 e. The van der Waals surface area contributed by atoms with Crippen molar-refractivity contribution in [2.24, 2.45) is 5.41 Å². The summed E-state index contributed by atoms with van der Waals surface area (Å²) < 4.78 is 5.45. The first-order chi connectivity index (χ1) is 7.76. The number of hydrogen-bond acceptors (Lipinski definition) is 3. The minimum atomic E-state index is 0.0765. The zero-order chi connectivity index (χ0) is 11.9. The van der Waals surface area contributed by atoms with Crippen molar-refractivity contribution in [3.63, 3.8) is 0 Å². The van der Waals surface area contributed by atoms with E-state index in [1.54, 1.807) is 0 Å². The van der Waals surface area contributed by atoms with Gasteiger partial charge in [-0.25, -0.2) is 0 Å². The first-order valence-electron chi connectivity index (χ1n) is 6.68. The van der Waals surface area contributed by atoms with Gasteiger partial charge in [0, 0.05) is 37.8 Å². The second-order valence-electron chi connectivity index (χ2n) is 4.99. The number of hydrogen-bond donors (Lipinski definition) is 2. The number of aliphatic hydroxyl groups is 1. The third-order valence-corrected chi connectivity index (χ3v) is 4.05. The fourth-order valence-electron chi connectivity index (χ4n) is 2.25. The van der Waals surface area contributed by atoms with E-state index in [2.05, 4.69) is 19.2 Å². The normalized spacial score (nSPS) is 23.1. The molecular weight excluding hydrogens is 202 g/mol. The van der Waals surface area contributed by atoms with E-state index in [0.717, 1.165) is 45.4 Å². The SMILES string of the molecule is CCC(CC)(CO)CNC1CCCOCC1. The Balaban J connectivity index is 2.35. The van der Waals surface area contributed by atoms with Gasteiger partial charge in [-0.05, 0) is 32.1 Å². The van der Waals surface area contributed by atoms with E-state index in [0.29, 0.717) is 6.04 Å². The van der Waals surface area contributed by atoms with Crippen LogP contribution in [0.1, 0.15) is 46.0 Å². The maximum atomic E-state index is 9.50. The summed E-state index contributed by atoms with van der Waals surface area (Å²) >= 11 is 0. The molecule has 1 atom stereocenters. The van der Waals surface area contributed by atoms with E-state index in [-0.39, 0.29) is 12.0 Å². The molecule has 1 aliphatic heterocycles. The first kappa shape index (κ1) is 13.9. The summed E-state index contributed by atoms with van der Waals surface area (Å²) in [5, 5.41) is 13.1. The van der Waals surface area contributed by atoms with Gasteiger partial charge in [-0.15, -0.1) is 0 Å². The van der Waals surface area contributed by atoms with Crippen molar-refractivity contribution in [2.75, 3.05) is 26.4 Å². The fourth-order valence-corrected chi connectivity index (χ4v) is 2.25. The van der Waals surface area contributed by atoms with E-state index in [1.165, 1.54) is 6.42 Å². The molecule has 3 nitrogen and oxygen atoms in total. The van der Waals surface area contributed by atoms with Crippen LogP contribution in [0.25, 0.3) is 0 Å². The van der Waals surface area contributed by atoms with Crippen molar-refractivity contribution in [1.82, 2.24) is 5.32 Å². The lowest BCUT2D eigenvalue weighted by molar-refractivity contribution is 0.107. The van der Waals surface area contributed by atoms with Crippen molar-refractivity contribution in [3.8, 4) is 0 Å². The lowest BCUT2D eigenvalue weighted by Gasteiger charge is -2.31. The number of ether oxygens (including phenoxy) is 1. The topological polar surface area (TPSA) is 41.5 Å². The molecule has 0 bridgehead atoms. The molecule has 2 N–H and O–H groups in total. The lowest BCUT2D eigenvalue weighted by Crippen LogP contribution is -2.41. The van der Waals surface area contributed by atoms with Crippen molar-refractivity contribution in [1.29, 1.82) is 0 Å². The molecule has 0 aliphatic carbocycles. The second kappa shape index (κ2) is 7.25. The van der Waals surface area contributed by atoms with Crippen LogP contribution in [0.5, 0.6) is 0 Å². The van der Waals surface area contributed by atoms with Crippen molar-refractivity contribution in [2.45, 2.75) is 52.0 Å². The van der Waals surface area contributed by atoms with Crippen LogP contribution in [0, 0.1) is 5.41 Å². The van der Waals surface area contributed by atoms with E-state index in [4.69, 9.17) is 4.74 Å². The van der Waals surface area contributed by atoms with Gasteiger partial charge in [0.25, 0.3) is 0 Å². The quantitative estimate of drug-likeness (QED) is 0.731. The highest BCUT2D eigenvalue weighted by Crippen LogP contribution is 2.25. The highest BCUT2D eigenvalue weighted by molar-refractivity contribution is 4.81. The highest BCUT2D eigenvalue weighted by atomic mass is 16.5. The Bertz CT molecular complexity index is 165. The maximum Gasteiger partial charge on any atom is 0.0499 e.